The van der Waals surface area contributed by atoms with Crippen LogP contribution >= 0.6 is 11.3 Å². The van der Waals surface area contributed by atoms with Gasteiger partial charge in [0.05, 0.1) is 11.7 Å². The number of carbonyl (C=O) groups is 1. The minimum absolute atomic E-state index is 0.00999. The van der Waals surface area contributed by atoms with Crippen LogP contribution in [0.25, 0.3) is 10.2 Å². The highest BCUT2D eigenvalue weighted by atomic mass is 32.2. The number of sulfonamides is 1. The maximum atomic E-state index is 13.6. The molecule has 1 amide bonds. The van der Waals surface area contributed by atoms with Gasteiger partial charge < -0.3 is 5.32 Å². The molecule has 3 aromatic rings. The Morgan fingerprint density at radius 1 is 1.22 bits per heavy atom. The molecule has 1 N–H and O–H groups in total. The molecule has 0 unspecified atom stereocenters. The maximum absolute atomic E-state index is 13.6. The second kappa shape index (κ2) is 8.72. The third-order valence-electron chi connectivity index (χ3n) is 5.48. The van der Waals surface area contributed by atoms with Gasteiger partial charge >= 0.3 is 0 Å². The van der Waals surface area contributed by atoms with E-state index in [2.05, 4.69) is 15.3 Å². The Labute approximate surface area is 190 Å². The van der Waals surface area contributed by atoms with Gasteiger partial charge in [0.25, 0.3) is 5.56 Å². The summed E-state index contributed by atoms with van der Waals surface area (Å²) < 4.78 is 29.7. The molecule has 4 rings (SSSR count). The van der Waals surface area contributed by atoms with Gasteiger partial charge in [-0.1, -0.05) is 19.9 Å². The molecule has 32 heavy (non-hydrogen) atoms. The first-order valence-corrected chi connectivity index (χ1v) is 12.6. The molecule has 3 aromatic heterocycles. The highest BCUT2D eigenvalue weighted by Gasteiger charge is 2.35. The smallest absolute Gasteiger partial charge is 0.263 e. The average molecular weight is 476 g/mol. The van der Waals surface area contributed by atoms with Crippen molar-refractivity contribution in [2.45, 2.75) is 38.6 Å². The van der Waals surface area contributed by atoms with Crippen LogP contribution in [0, 0.1) is 18.8 Å². The molecular weight excluding hydrogens is 450 g/mol. The average Bonchev–Trinajstić information content (AvgIpc) is 3.07. The fraction of sp³-hybridized carbons (Fsp3) is 0.429. The van der Waals surface area contributed by atoms with E-state index in [1.165, 1.54) is 22.0 Å². The monoisotopic (exact) mass is 475 g/mol. The fourth-order valence-electron chi connectivity index (χ4n) is 4.24. The number of hydrogen-bond donors (Lipinski definition) is 1. The number of aromatic nitrogens is 3. The molecule has 170 valence electrons. The lowest BCUT2D eigenvalue weighted by Crippen LogP contribution is -2.42. The summed E-state index contributed by atoms with van der Waals surface area (Å²) in [6.45, 7) is 6.30. The van der Waals surface area contributed by atoms with Gasteiger partial charge in [-0.25, -0.2) is 18.4 Å². The maximum Gasteiger partial charge on any atom is 0.263 e. The molecule has 1 aliphatic heterocycles. The van der Waals surface area contributed by atoms with E-state index in [0.29, 0.717) is 28.6 Å². The number of carbonyl (C=O) groups excluding carboxylic acids is 1. The van der Waals surface area contributed by atoms with Crippen molar-refractivity contribution < 1.29 is 13.2 Å². The van der Waals surface area contributed by atoms with Crippen molar-refractivity contribution in [2.24, 2.45) is 11.8 Å². The molecule has 1 aliphatic rings. The van der Waals surface area contributed by atoms with Crippen LogP contribution in [0.3, 0.4) is 0 Å². The highest BCUT2D eigenvalue weighted by molar-refractivity contribution is 7.89. The minimum atomic E-state index is -3.88. The van der Waals surface area contributed by atoms with E-state index in [-0.39, 0.29) is 28.7 Å². The highest BCUT2D eigenvalue weighted by Crippen LogP contribution is 2.35. The van der Waals surface area contributed by atoms with Crippen LogP contribution in [0.15, 0.2) is 40.4 Å². The predicted octanol–water partition coefficient (Wildman–Crippen LogP) is 2.47. The lowest BCUT2D eigenvalue weighted by molar-refractivity contribution is -0.116. The van der Waals surface area contributed by atoms with Gasteiger partial charge in [0.1, 0.15) is 22.1 Å². The van der Waals surface area contributed by atoms with Gasteiger partial charge in [-0.05, 0) is 37.3 Å². The van der Waals surface area contributed by atoms with Crippen LogP contribution < -0.4 is 10.9 Å². The Hall–Kier alpha value is -2.63. The summed E-state index contributed by atoms with van der Waals surface area (Å²) in [6.07, 6.45) is 3.79. The molecule has 11 heteroatoms. The molecule has 4 heterocycles. The summed E-state index contributed by atoms with van der Waals surface area (Å²) in [5.41, 5.74) is -0.549. The quantitative estimate of drug-likeness (QED) is 0.606. The number of piperidine rings is 1. The summed E-state index contributed by atoms with van der Waals surface area (Å²) in [4.78, 5) is 34.9. The first-order chi connectivity index (χ1) is 15.2. The zero-order valence-electron chi connectivity index (χ0n) is 18.1. The summed E-state index contributed by atoms with van der Waals surface area (Å²) >= 11 is 1.17. The topological polar surface area (TPSA) is 114 Å². The van der Waals surface area contributed by atoms with Crippen LogP contribution in [-0.4, -0.2) is 46.3 Å². The second-order valence-corrected chi connectivity index (χ2v) is 11.5. The van der Waals surface area contributed by atoms with Crippen molar-refractivity contribution in [1.82, 2.24) is 18.8 Å². The van der Waals surface area contributed by atoms with Crippen LogP contribution in [0.2, 0.25) is 0 Å². The van der Waals surface area contributed by atoms with E-state index in [1.807, 2.05) is 13.8 Å². The van der Waals surface area contributed by atoms with E-state index in [9.17, 15) is 18.0 Å². The Balaban J connectivity index is 1.71. The largest absolute Gasteiger partial charge is 0.309 e. The van der Waals surface area contributed by atoms with Crippen LogP contribution in [-0.2, 0) is 21.4 Å². The SMILES string of the molecule is Cc1sc2ncn(CC(=O)Nc3ccccn3)c(=O)c2c1S(=O)(=O)N1C[C@@H](C)C[C@H](C)C1. The number of anilines is 1. The van der Waals surface area contributed by atoms with Gasteiger partial charge in [0.15, 0.2) is 0 Å². The van der Waals surface area contributed by atoms with Gasteiger partial charge in [-0.3, -0.25) is 14.2 Å². The number of nitrogens with one attached hydrogen (secondary N) is 1. The molecule has 9 nitrogen and oxygen atoms in total. The van der Waals surface area contributed by atoms with Crippen LogP contribution in [0.1, 0.15) is 25.1 Å². The van der Waals surface area contributed by atoms with Crippen molar-refractivity contribution in [3.05, 3.63) is 46.0 Å². The van der Waals surface area contributed by atoms with Crippen LogP contribution in [0.5, 0.6) is 0 Å². The van der Waals surface area contributed by atoms with E-state index >= 15 is 0 Å². The molecule has 1 fully saturated rings. The number of aryl methyl sites for hydroxylation is 1. The third kappa shape index (κ3) is 4.32. The van der Waals surface area contributed by atoms with E-state index in [4.69, 9.17) is 0 Å². The van der Waals surface area contributed by atoms with Gasteiger partial charge in [0, 0.05) is 24.2 Å². The number of fused-ring (bicyclic) bond motifs is 1. The van der Waals surface area contributed by atoms with Gasteiger partial charge in [0.2, 0.25) is 15.9 Å². The Morgan fingerprint density at radius 2 is 1.94 bits per heavy atom. The minimum Gasteiger partial charge on any atom is -0.309 e. The van der Waals surface area contributed by atoms with Crippen molar-refractivity contribution in [1.29, 1.82) is 0 Å². The van der Waals surface area contributed by atoms with Gasteiger partial charge in [-0.15, -0.1) is 11.3 Å². The summed E-state index contributed by atoms with van der Waals surface area (Å²) in [7, 11) is -3.88. The van der Waals surface area contributed by atoms with Crippen LogP contribution in [0.4, 0.5) is 5.82 Å². The number of nitrogens with zero attached hydrogens (tertiary/aromatic N) is 4. The molecule has 2 atom stereocenters. The molecule has 0 aliphatic carbocycles. The molecule has 0 spiro atoms. The molecule has 0 radical (unpaired) electrons. The Morgan fingerprint density at radius 3 is 2.59 bits per heavy atom. The normalized spacial score (nSPS) is 19.8. The Bertz CT molecular complexity index is 1310. The molecule has 1 saturated heterocycles. The van der Waals surface area contributed by atoms with E-state index in [0.717, 1.165) is 11.0 Å². The predicted molar refractivity (Wildman–Crippen MR) is 123 cm³/mol. The zero-order chi connectivity index (χ0) is 23.0. The number of pyridine rings is 1. The number of rotatable bonds is 5. The summed E-state index contributed by atoms with van der Waals surface area (Å²) in [5, 5.41) is 2.66. The first kappa shape index (κ1) is 22.6. The fourth-order valence-corrected chi connectivity index (χ4v) is 7.59. The lowest BCUT2D eigenvalue weighted by atomic mass is 9.94. The standard InChI is InChI=1S/C21H25N5O4S2/c1-13-8-14(2)10-26(9-13)32(29,30)19-15(3)31-20-18(19)21(28)25(12-23-20)11-17(27)24-16-6-4-5-7-22-16/h4-7,12-14H,8-11H2,1-3H3,(H,22,24,27)/t13-,14-/m0/s1. The lowest BCUT2D eigenvalue weighted by Gasteiger charge is -2.34. The first-order valence-electron chi connectivity index (χ1n) is 10.4. The molecule has 0 aromatic carbocycles. The summed E-state index contributed by atoms with van der Waals surface area (Å²) in [5.74, 6) is 0.386. The van der Waals surface area contributed by atoms with Crippen molar-refractivity contribution >= 4 is 43.3 Å². The third-order valence-corrected chi connectivity index (χ3v) is 8.63. The molecule has 0 bridgehead atoms. The number of hydrogen-bond acceptors (Lipinski definition) is 7. The molecule has 0 saturated carbocycles. The van der Waals surface area contributed by atoms with Crippen molar-refractivity contribution in [3.8, 4) is 0 Å². The molecular formula is C21H25N5O4S2. The Kier molecular flexibility index (Phi) is 6.15. The number of thiophene rings is 1. The van der Waals surface area contributed by atoms with Crippen molar-refractivity contribution in [2.75, 3.05) is 18.4 Å². The van der Waals surface area contributed by atoms with E-state index in [1.54, 1.807) is 31.3 Å². The van der Waals surface area contributed by atoms with E-state index < -0.39 is 21.5 Å². The van der Waals surface area contributed by atoms with Gasteiger partial charge in [-0.2, -0.15) is 4.31 Å². The summed E-state index contributed by atoms with van der Waals surface area (Å²) in [6, 6.07) is 5.09. The second-order valence-electron chi connectivity index (χ2n) is 8.38. The number of amides is 1. The van der Waals surface area contributed by atoms with Crippen molar-refractivity contribution in [3.63, 3.8) is 0 Å². The zero-order valence-corrected chi connectivity index (χ0v) is 19.7.